The van der Waals surface area contributed by atoms with Crippen LogP contribution in [0.1, 0.15) is 44.0 Å². The molecular formula is C23H33NO6Si. The first-order valence-electron chi connectivity index (χ1n) is 10.2. The lowest BCUT2D eigenvalue weighted by atomic mass is 10.1. The molecule has 2 atom stereocenters. The quantitative estimate of drug-likeness (QED) is 0.407. The molecule has 31 heavy (non-hydrogen) atoms. The second-order valence-electron chi connectivity index (χ2n) is 9.17. The first-order valence-corrected chi connectivity index (χ1v) is 13.7. The van der Waals surface area contributed by atoms with Crippen molar-refractivity contribution in [3.8, 4) is 11.5 Å². The van der Waals surface area contributed by atoms with Crippen LogP contribution in [0, 0.1) is 11.5 Å². The van der Waals surface area contributed by atoms with Gasteiger partial charge >= 0.3 is 12.1 Å². The molecule has 0 aliphatic heterocycles. The maximum Gasteiger partial charge on any atom is 0.418 e. The molecule has 1 rings (SSSR count). The van der Waals surface area contributed by atoms with E-state index in [0.29, 0.717) is 0 Å². The monoisotopic (exact) mass is 447 g/mol. The summed E-state index contributed by atoms with van der Waals surface area (Å²) in [5, 5.41) is 10.3. The summed E-state index contributed by atoms with van der Waals surface area (Å²) in [5.74, 6) is 1.33. The zero-order chi connectivity index (χ0) is 23.8. The predicted octanol–water partition coefficient (Wildman–Crippen LogP) is 3.63. The Labute approximate surface area is 185 Å². The van der Waals surface area contributed by atoms with Crippen molar-refractivity contribution in [1.29, 1.82) is 0 Å². The molecule has 0 aliphatic carbocycles. The van der Waals surface area contributed by atoms with Crippen molar-refractivity contribution >= 4 is 26.0 Å². The van der Waals surface area contributed by atoms with Crippen molar-refractivity contribution in [2.75, 3.05) is 7.11 Å². The molecule has 1 N–H and O–H groups in total. The first kappa shape index (κ1) is 26.4. The lowest BCUT2D eigenvalue weighted by molar-refractivity contribution is -0.146. The Morgan fingerprint density at radius 3 is 2.16 bits per heavy atom. The maximum absolute atomic E-state index is 13.2. The number of ether oxygens (including phenoxy) is 2. The topological polar surface area (TPSA) is 93.1 Å². The number of benzene rings is 1. The van der Waals surface area contributed by atoms with Crippen LogP contribution in [0.15, 0.2) is 30.3 Å². The number of nitrogens with zero attached hydrogens (tertiary/aromatic N) is 1. The fourth-order valence-corrected chi connectivity index (χ4v) is 3.16. The van der Waals surface area contributed by atoms with Crippen molar-refractivity contribution < 1.29 is 29.0 Å². The number of aliphatic hydroxyl groups is 1. The summed E-state index contributed by atoms with van der Waals surface area (Å²) >= 11 is 0. The lowest BCUT2D eigenvalue weighted by Crippen LogP contribution is -2.51. The Morgan fingerprint density at radius 1 is 1.10 bits per heavy atom. The van der Waals surface area contributed by atoms with Crippen LogP contribution in [-0.2, 0) is 14.3 Å². The maximum atomic E-state index is 13.2. The van der Waals surface area contributed by atoms with Gasteiger partial charge in [-0.3, -0.25) is 4.79 Å². The number of hydrogen-bond donors (Lipinski definition) is 1. The highest BCUT2D eigenvalue weighted by molar-refractivity contribution is 6.83. The number of rotatable bonds is 6. The number of carbonyl (C=O) groups is 3. The number of methoxy groups -OCH3 is 1. The summed E-state index contributed by atoms with van der Waals surface area (Å²) in [5.41, 5.74) is 2.41. The van der Waals surface area contributed by atoms with Crippen LogP contribution >= 0.6 is 0 Å². The molecule has 7 nitrogen and oxygen atoms in total. The molecule has 0 fully saturated rings. The zero-order valence-corrected chi connectivity index (χ0v) is 20.4. The van der Waals surface area contributed by atoms with Crippen molar-refractivity contribution in [2.45, 2.75) is 71.0 Å². The van der Waals surface area contributed by atoms with Gasteiger partial charge in [-0.15, -0.1) is 5.54 Å². The number of esters is 1. The molecule has 0 heterocycles. The van der Waals surface area contributed by atoms with E-state index in [4.69, 9.17) is 9.47 Å². The molecule has 8 heteroatoms. The van der Waals surface area contributed by atoms with Gasteiger partial charge in [-0.2, -0.15) is 0 Å². The van der Waals surface area contributed by atoms with Gasteiger partial charge in [-0.05, 0) is 45.7 Å². The second-order valence-corrected chi connectivity index (χ2v) is 13.9. The van der Waals surface area contributed by atoms with Crippen LogP contribution in [0.4, 0.5) is 4.79 Å². The van der Waals surface area contributed by atoms with E-state index in [9.17, 15) is 19.5 Å². The van der Waals surface area contributed by atoms with E-state index in [1.807, 2.05) is 19.6 Å². The number of aliphatic hydroxyl groups excluding tert-OH is 1. The van der Waals surface area contributed by atoms with Crippen molar-refractivity contribution in [2.24, 2.45) is 0 Å². The number of carbonyl (C=O) groups excluding carboxylic acids is 3. The molecule has 170 valence electrons. The Kier molecular flexibility index (Phi) is 9.47. The SMILES string of the molecule is COC(=O)[C@H](CCC(O)C#C[Si](C)(C)C)N(C(=O)OC(C)(C)C)C(=O)c1ccccc1. The van der Waals surface area contributed by atoms with Gasteiger partial charge < -0.3 is 14.6 Å². The standard InChI is InChI=1S/C23H33NO6Si/c1-23(2,3)30-22(28)24(20(26)17-11-9-8-10-12-17)19(21(27)29-4)14-13-18(25)15-16-31(5,6)7/h8-12,18-19,25H,13-14H2,1-7H3/t18?,19-/m0/s1. The van der Waals surface area contributed by atoms with Gasteiger partial charge in [-0.1, -0.05) is 43.8 Å². The molecule has 0 aliphatic rings. The molecular weight excluding hydrogens is 414 g/mol. The van der Waals surface area contributed by atoms with Gasteiger partial charge in [0.25, 0.3) is 5.91 Å². The highest BCUT2D eigenvalue weighted by Crippen LogP contribution is 2.20. The Morgan fingerprint density at radius 2 is 1.68 bits per heavy atom. The molecule has 0 radical (unpaired) electrons. The fraction of sp³-hybridized carbons (Fsp3) is 0.522. The summed E-state index contributed by atoms with van der Waals surface area (Å²) in [7, 11) is -0.507. The molecule has 0 saturated heterocycles. The Hall–Kier alpha value is -2.63. The summed E-state index contributed by atoms with van der Waals surface area (Å²) < 4.78 is 10.2. The van der Waals surface area contributed by atoms with E-state index in [-0.39, 0.29) is 18.4 Å². The number of amides is 2. The molecule has 1 aromatic carbocycles. The molecule has 0 spiro atoms. The molecule has 1 aromatic rings. The predicted molar refractivity (Wildman–Crippen MR) is 121 cm³/mol. The van der Waals surface area contributed by atoms with Crippen LogP contribution in [0.2, 0.25) is 19.6 Å². The van der Waals surface area contributed by atoms with Gasteiger partial charge in [0.15, 0.2) is 0 Å². The minimum Gasteiger partial charge on any atom is -0.467 e. The lowest BCUT2D eigenvalue weighted by Gasteiger charge is -2.31. The van der Waals surface area contributed by atoms with Crippen LogP contribution in [0.25, 0.3) is 0 Å². The Bertz CT molecular complexity index is 830. The van der Waals surface area contributed by atoms with Gasteiger partial charge in [0.05, 0.1) is 7.11 Å². The Balaban J connectivity index is 3.25. The van der Waals surface area contributed by atoms with E-state index in [1.165, 1.54) is 7.11 Å². The van der Waals surface area contributed by atoms with Gasteiger partial charge in [-0.25, -0.2) is 14.5 Å². The largest absolute Gasteiger partial charge is 0.467 e. The van der Waals surface area contributed by atoms with Crippen molar-refractivity contribution in [1.82, 2.24) is 4.90 Å². The normalized spacial score (nSPS) is 13.3. The van der Waals surface area contributed by atoms with Crippen molar-refractivity contribution in [3.63, 3.8) is 0 Å². The van der Waals surface area contributed by atoms with Crippen molar-refractivity contribution in [3.05, 3.63) is 35.9 Å². The van der Waals surface area contributed by atoms with E-state index >= 15 is 0 Å². The van der Waals surface area contributed by atoms with Crippen LogP contribution < -0.4 is 0 Å². The smallest absolute Gasteiger partial charge is 0.418 e. The third-order valence-corrected chi connectivity index (χ3v) is 4.84. The zero-order valence-electron chi connectivity index (χ0n) is 19.4. The minimum atomic E-state index is -1.68. The van der Waals surface area contributed by atoms with E-state index in [1.54, 1.807) is 51.1 Å². The molecule has 2 amide bonds. The summed E-state index contributed by atoms with van der Waals surface area (Å²) in [6, 6.07) is 6.87. The highest BCUT2D eigenvalue weighted by atomic mass is 28.3. The highest BCUT2D eigenvalue weighted by Gasteiger charge is 2.38. The summed E-state index contributed by atoms with van der Waals surface area (Å²) in [6.45, 7) is 11.1. The van der Waals surface area contributed by atoms with Gasteiger partial charge in [0, 0.05) is 5.56 Å². The van der Waals surface area contributed by atoms with E-state index < -0.39 is 43.8 Å². The fourth-order valence-electron chi connectivity index (χ4n) is 2.56. The van der Waals surface area contributed by atoms with E-state index in [0.717, 1.165) is 4.90 Å². The average Bonchev–Trinajstić information content (AvgIpc) is 2.67. The first-order chi connectivity index (χ1) is 14.2. The average molecular weight is 448 g/mol. The third-order valence-electron chi connectivity index (χ3n) is 3.94. The van der Waals surface area contributed by atoms with Crippen LogP contribution in [0.5, 0.6) is 0 Å². The van der Waals surface area contributed by atoms with E-state index in [2.05, 4.69) is 11.5 Å². The second kappa shape index (κ2) is 11.1. The minimum absolute atomic E-state index is 0.0218. The van der Waals surface area contributed by atoms with Crippen LogP contribution in [0.3, 0.4) is 0 Å². The third kappa shape index (κ3) is 9.36. The molecule has 0 bridgehead atoms. The summed E-state index contributed by atoms with van der Waals surface area (Å²) in [4.78, 5) is 39.4. The molecule has 1 unspecified atom stereocenters. The summed E-state index contributed by atoms with van der Waals surface area (Å²) in [6.07, 6.45) is -1.89. The number of hydrogen-bond acceptors (Lipinski definition) is 6. The van der Waals surface area contributed by atoms with Gasteiger partial charge in [0.2, 0.25) is 0 Å². The molecule has 0 aromatic heterocycles. The number of imide groups is 1. The molecule has 0 saturated carbocycles. The van der Waals surface area contributed by atoms with Gasteiger partial charge in [0.1, 0.15) is 25.8 Å². The van der Waals surface area contributed by atoms with Crippen LogP contribution in [-0.4, -0.2) is 60.9 Å².